The fourth-order valence-electron chi connectivity index (χ4n) is 2.40. The summed E-state index contributed by atoms with van der Waals surface area (Å²) in [6.45, 7) is 3.87. The standard InChI is InChI=1S/C17H23N3O3S/c1-3-15(14-8-6-5-7-9-14)17(21)18-16-10-11-20(19-16)12-13-24(22,23)4-2/h5-11,15H,3-4,12-13H2,1-2H3,(H,18,19,21)/t15-/m0/s1. The van der Waals surface area contributed by atoms with Gasteiger partial charge in [-0.15, -0.1) is 0 Å². The van der Waals surface area contributed by atoms with E-state index in [1.165, 1.54) is 4.68 Å². The summed E-state index contributed by atoms with van der Waals surface area (Å²) in [6, 6.07) is 11.3. The van der Waals surface area contributed by atoms with E-state index in [2.05, 4.69) is 10.4 Å². The smallest absolute Gasteiger partial charge is 0.233 e. The van der Waals surface area contributed by atoms with Crippen molar-refractivity contribution in [1.29, 1.82) is 0 Å². The lowest BCUT2D eigenvalue weighted by molar-refractivity contribution is -0.117. The van der Waals surface area contributed by atoms with Gasteiger partial charge in [0.25, 0.3) is 0 Å². The number of aromatic nitrogens is 2. The van der Waals surface area contributed by atoms with Crippen molar-refractivity contribution in [1.82, 2.24) is 9.78 Å². The van der Waals surface area contributed by atoms with Crippen molar-refractivity contribution < 1.29 is 13.2 Å². The van der Waals surface area contributed by atoms with Gasteiger partial charge < -0.3 is 5.32 Å². The fourth-order valence-corrected chi connectivity index (χ4v) is 3.15. The van der Waals surface area contributed by atoms with E-state index in [-0.39, 0.29) is 29.9 Å². The molecule has 1 amide bonds. The first kappa shape index (κ1) is 18.2. The third-order valence-corrected chi connectivity index (χ3v) is 5.57. The second kappa shape index (κ2) is 8.10. The normalized spacial score (nSPS) is 12.8. The number of anilines is 1. The van der Waals surface area contributed by atoms with Crippen LogP contribution in [0.4, 0.5) is 5.82 Å². The highest BCUT2D eigenvalue weighted by molar-refractivity contribution is 7.91. The third kappa shape index (κ3) is 4.92. The van der Waals surface area contributed by atoms with Crippen LogP contribution in [0, 0.1) is 0 Å². The molecular weight excluding hydrogens is 326 g/mol. The van der Waals surface area contributed by atoms with Gasteiger partial charge in [0, 0.05) is 18.0 Å². The van der Waals surface area contributed by atoms with Gasteiger partial charge >= 0.3 is 0 Å². The monoisotopic (exact) mass is 349 g/mol. The Bertz CT molecular complexity index is 769. The van der Waals surface area contributed by atoms with Gasteiger partial charge in [-0.2, -0.15) is 5.10 Å². The Balaban J connectivity index is 1.99. The average Bonchev–Trinajstić information content (AvgIpc) is 3.02. The molecule has 1 heterocycles. The van der Waals surface area contributed by atoms with E-state index < -0.39 is 9.84 Å². The molecule has 6 nitrogen and oxygen atoms in total. The van der Waals surface area contributed by atoms with Gasteiger partial charge in [-0.1, -0.05) is 44.2 Å². The Kier molecular flexibility index (Phi) is 6.14. The Morgan fingerprint density at radius 3 is 2.54 bits per heavy atom. The molecule has 0 unspecified atom stereocenters. The zero-order chi connectivity index (χ0) is 17.6. The minimum atomic E-state index is -3.03. The van der Waals surface area contributed by atoms with E-state index >= 15 is 0 Å². The van der Waals surface area contributed by atoms with Crippen LogP contribution in [-0.4, -0.2) is 35.6 Å². The predicted octanol–water partition coefficient (Wildman–Crippen LogP) is 2.45. The first-order valence-corrected chi connectivity index (χ1v) is 9.87. The van der Waals surface area contributed by atoms with E-state index in [9.17, 15) is 13.2 Å². The van der Waals surface area contributed by atoms with Crippen molar-refractivity contribution in [3.05, 3.63) is 48.2 Å². The number of rotatable bonds is 8. The zero-order valence-corrected chi connectivity index (χ0v) is 14.8. The van der Waals surface area contributed by atoms with Crippen molar-refractivity contribution in [2.75, 3.05) is 16.8 Å². The number of nitrogens with zero attached hydrogens (tertiary/aromatic N) is 2. The summed E-state index contributed by atoms with van der Waals surface area (Å²) < 4.78 is 24.6. The fraction of sp³-hybridized carbons (Fsp3) is 0.412. The summed E-state index contributed by atoms with van der Waals surface area (Å²) in [7, 11) is -3.03. The maximum absolute atomic E-state index is 12.5. The van der Waals surface area contributed by atoms with Gasteiger partial charge in [0.15, 0.2) is 15.7 Å². The molecule has 0 saturated heterocycles. The number of hydrogen-bond donors (Lipinski definition) is 1. The molecule has 24 heavy (non-hydrogen) atoms. The number of carbonyl (C=O) groups is 1. The van der Waals surface area contributed by atoms with Crippen molar-refractivity contribution in [3.8, 4) is 0 Å². The summed E-state index contributed by atoms with van der Waals surface area (Å²) in [4.78, 5) is 12.5. The number of sulfone groups is 1. The zero-order valence-electron chi connectivity index (χ0n) is 14.0. The lowest BCUT2D eigenvalue weighted by Gasteiger charge is -2.14. The highest BCUT2D eigenvalue weighted by atomic mass is 32.2. The number of benzene rings is 1. The molecular formula is C17H23N3O3S. The molecule has 0 aliphatic carbocycles. The average molecular weight is 349 g/mol. The van der Waals surface area contributed by atoms with Crippen LogP contribution in [0.25, 0.3) is 0 Å². The molecule has 0 fully saturated rings. The van der Waals surface area contributed by atoms with Crippen LogP contribution in [0.3, 0.4) is 0 Å². The van der Waals surface area contributed by atoms with E-state index in [1.54, 1.807) is 19.2 Å². The molecule has 1 atom stereocenters. The van der Waals surface area contributed by atoms with Crippen LogP contribution in [0.2, 0.25) is 0 Å². The van der Waals surface area contributed by atoms with Gasteiger partial charge in [0.05, 0.1) is 18.2 Å². The minimum Gasteiger partial charge on any atom is -0.309 e. The Morgan fingerprint density at radius 1 is 1.21 bits per heavy atom. The summed E-state index contributed by atoms with van der Waals surface area (Å²) in [6.07, 6.45) is 2.36. The molecule has 1 N–H and O–H groups in total. The van der Waals surface area contributed by atoms with Crippen LogP contribution in [0.1, 0.15) is 31.7 Å². The van der Waals surface area contributed by atoms with Crippen LogP contribution < -0.4 is 5.32 Å². The Labute approximate surface area is 142 Å². The number of carbonyl (C=O) groups excluding carboxylic acids is 1. The summed E-state index contributed by atoms with van der Waals surface area (Å²) in [5.41, 5.74) is 0.964. The maximum Gasteiger partial charge on any atom is 0.233 e. The quantitative estimate of drug-likeness (QED) is 0.794. The van der Waals surface area contributed by atoms with Gasteiger partial charge in [-0.3, -0.25) is 9.48 Å². The summed E-state index contributed by atoms with van der Waals surface area (Å²) in [5, 5.41) is 7.02. The molecule has 0 saturated carbocycles. The van der Waals surface area contributed by atoms with Gasteiger partial charge in [0.1, 0.15) is 0 Å². The molecule has 2 aromatic rings. The first-order valence-electron chi connectivity index (χ1n) is 8.05. The lowest BCUT2D eigenvalue weighted by Crippen LogP contribution is -2.21. The minimum absolute atomic E-state index is 0.0418. The molecule has 1 aromatic heterocycles. The van der Waals surface area contributed by atoms with E-state index in [0.29, 0.717) is 12.2 Å². The number of aryl methyl sites for hydroxylation is 1. The SMILES string of the molecule is CC[C@H](C(=O)Nc1ccn(CCS(=O)(=O)CC)n1)c1ccccc1. The van der Waals surface area contributed by atoms with Crippen molar-refractivity contribution in [2.45, 2.75) is 32.7 Å². The van der Waals surface area contributed by atoms with Crippen molar-refractivity contribution in [3.63, 3.8) is 0 Å². The topological polar surface area (TPSA) is 81.1 Å². The molecule has 0 aliphatic rings. The van der Waals surface area contributed by atoms with Crippen LogP contribution >= 0.6 is 0 Å². The van der Waals surface area contributed by atoms with Gasteiger partial charge in [-0.05, 0) is 12.0 Å². The van der Waals surface area contributed by atoms with Crippen LogP contribution in [0.15, 0.2) is 42.6 Å². The van der Waals surface area contributed by atoms with Gasteiger partial charge in [0.2, 0.25) is 5.91 Å². The Hall–Kier alpha value is -2.15. The second-order valence-corrected chi connectivity index (χ2v) is 8.03. The second-order valence-electron chi connectivity index (χ2n) is 5.56. The third-order valence-electron chi connectivity index (χ3n) is 3.89. The van der Waals surface area contributed by atoms with E-state index in [4.69, 9.17) is 0 Å². The largest absolute Gasteiger partial charge is 0.309 e. The first-order chi connectivity index (χ1) is 11.4. The molecule has 2 rings (SSSR count). The molecule has 0 radical (unpaired) electrons. The van der Waals surface area contributed by atoms with Crippen molar-refractivity contribution in [2.24, 2.45) is 0 Å². The lowest BCUT2D eigenvalue weighted by atomic mass is 9.96. The maximum atomic E-state index is 12.5. The van der Waals surface area contributed by atoms with E-state index in [0.717, 1.165) is 5.56 Å². The van der Waals surface area contributed by atoms with Crippen molar-refractivity contribution >= 4 is 21.6 Å². The van der Waals surface area contributed by atoms with E-state index in [1.807, 2.05) is 37.3 Å². The highest BCUT2D eigenvalue weighted by Crippen LogP contribution is 2.21. The molecule has 130 valence electrons. The van der Waals surface area contributed by atoms with Crippen LogP contribution in [0.5, 0.6) is 0 Å². The Morgan fingerprint density at radius 2 is 1.92 bits per heavy atom. The molecule has 0 bridgehead atoms. The molecule has 7 heteroatoms. The number of amides is 1. The predicted molar refractivity (Wildman–Crippen MR) is 94.7 cm³/mol. The van der Waals surface area contributed by atoms with Crippen LogP contribution in [-0.2, 0) is 21.2 Å². The van der Waals surface area contributed by atoms with Gasteiger partial charge in [-0.25, -0.2) is 8.42 Å². The highest BCUT2D eigenvalue weighted by Gasteiger charge is 2.19. The molecule has 0 aliphatic heterocycles. The molecule has 1 aromatic carbocycles. The molecule has 0 spiro atoms. The summed E-state index contributed by atoms with van der Waals surface area (Å²) >= 11 is 0. The number of hydrogen-bond acceptors (Lipinski definition) is 4. The number of nitrogens with one attached hydrogen (secondary N) is 1. The summed E-state index contributed by atoms with van der Waals surface area (Å²) in [5.74, 6) is 0.239.